The van der Waals surface area contributed by atoms with Crippen molar-refractivity contribution in [1.82, 2.24) is 10.6 Å². The van der Waals surface area contributed by atoms with E-state index in [9.17, 15) is 9.59 Å². The van der Waals surface area contributed by atoms with Crippen LogP contribution in [0.15, 0.2) is 42.2 Å². The van der Waals surface area contributed by atoms with Crippen molar-refractivity contribution in [3.05, 3.63) is 47.8 Å². The van der Waals surface area contributed by atoms with Gasteiger partial charge in [-0.25, -0.2) is 0 Å². The molecule has 112 valence electrons. The van der Waals surface area contributed by atoms with Crippen LogP contribution in [0.3, 0.4) is 0 Å². The van der Waals surface area contributed by atoms with Crippen molar-refractivity contribution < 1.29 is 9.59 Å². The molecule has 0 aromatic heterocycles. The molecule has 0 fully saturated rings. The fraction of sp³-hybridized carbons (Fsp3) is 0.412. The molecule has 1 aliphatic rings. The van der Waals surface area contributed by atoms with Crippen LogP contribution in [0.5, 0.6) is 0 Å². The summed E-state index contributed by atoms with van der Waals surface area (Å²) in [6.07, 6.45) is 2.56. The average Bonchev–Trinajstić information content (AvgIpc) is 2.49. The van der Waals surface area contributed by atoms with Gasteiger partial charge in [-0.1, -0.05) is 44.2 Å². The molecule has 4 heteroatoms. The standard InChI is InChI=1S/C17H22N2O2/c1-4-17(5-2)14(20)11-15(19-16(17)21)18-12(3)13-9-7-6-8-10-13/h6-12,18H,4-5H2,1-3H3,(H,19,21)/t12-/m0/s1. The molecular weight excluding hydrogens is 264 g/mol. The highest BCUT2D eigenvalue weighted by Crippen LogP contribution is 2.31. The summed E-state index contributed by atoms with van der Waals surface area (Å²) >= 11 is 0. The number of allylic oxidation sites excluding steroid dienone is 1. The second-order valence-corrected chi connectivity index (χ2v) is 5.44. The minimum Gasteiger partial charge on any atom is -0.365 e. The second-order valence-electron chi connectivity index (χ2n) is 5.44. The van der Waals surface area contributed by atoms with E-state index in [1.54, 1.807) is 0 Å². The topological polar surface area (TPSA) is 58.2 Å². The van der Waals surface area contributed by atoms with E-state index in [-0.39, 0.29) is 17.7 Å². The third-order valence-electron chi connectivity index (χ3n) is 4.31. The normalized spacial score (nSPS) is 18.7. The highest BCUT2D eigenvalue weighted by atomic mass is 16.2. The summed E-state index contributed by atoms with van der Waals surface area (Å²) in [6.45, 7) is 5.74. The van der Waals surface area contributed by atoms with Crippen LogP contribution in [-0.4, -0.2) is 11.7 Å². The summed E-state index contributed by atoms with van der Waals surface area (Å²) in [6, 6.07) is 9.91. The van der Waals surface area contributed by atoms with Gasteiger partial charge in [0.25, 0.3) is 0 Å². The van der Waals surface area contributed by atoms with Gasteiger partial charge in [0.1, 0.15) is 11.2 Å². The molecule has 1 aromatic carbocycles. The van der Waals surface area contributed by atoms with E-state index in [1.165, 1.54) is 6.08 Å². The van der Waals surface area contributed by atoms with Crippen molar-refractivity contribution in [1.29, 1.82) is 0 Å². The Morgan fingerprint density at radius 2 is 1.76 bits per heavy atom. The summed E-state index contributed by atoms with van der Waals surface area (Å²) in [5.74, 6) is 0.167. The number of ketones is 1. The Morgan fingerprint density at radius 1 is 1.14 bits per heavy atom. The molecule has 2 N–H and O–H groups in total. The van der Waals surface area contributed by atoms with Gasteiger partial charge in [-0.05, 0) is 25.3 Å². The summed E-state index contributed by atoms with van der Waals surface area (Å²) in [4.78, 5) is 24.6. The van der Waals surface area contributed by atoms with Crippen molar-refractivity contribution in [3.8, 4) is 0 Å². The monoisotopic (exact) mass is 286 g/mol. The molecule has 0 radical (unpaired) electrons. The first-order valence-electron chi connectivity index (χ1n) is 7.42. The predicted octanol–water partition coefficient (Wildman–Crippen LogP) is 2.68. The number of carbonyl (C=O) groups is 2. The van der Waals surface area contributed by atoms with Gasteiger partial charge in [-0.2, -0.15) is 0 Å². The molecule has 1 aromatic rings. The second kappa shape index (κ2) is 6.12. The summed E-state index contributed by atoms with van der Waals surface area (Å²) in [5.41, 5.74) is 0.198. The Labute approximate surface area is 125 Å². The molecule has 0 saturated carbocycles. The van der Waals surface area contributed by atoms with Crippen molar-refractivity contribution in [2.24, 2.45) is 5.41 Å². The predicted molar refractivity (Wildman–Crippen MR) is 82.2 cm³/mol. The maximum atomic E-state index is 12.3. The fourth-order valence-electron chi connectivity index (χ4n) is 2.71. The summed E-state index contributed by atoms with van der Waals surface area (Å²) < 4.78 is 0. The zero-order valence-electron chi connectivity index (χ0n) is 12.8. The van der Waals surface area contributed by atoms with E-state index in [0.717, 1.165) is 5.56 Å². The molecular formula is C17H22N2O2. The number of amides is 1. The van der Waals surface area contributed by atoms with Gasteiger partial charge in [0.05, 0.1) is 0 Å². The van der Waals surface area contributed by atoms with Gasteiger partial charge >= 0.3 is 0 Å². The molecule has 2 rings (SSSR count). The lowest BCUT2D eigenvalue weighted by atomic mass is 9.75. The molecule has 0 bridgehead atoms. The SMILES string of the molecule is CCC1(CC)C(=O)C=C(N[C@@H](C)c2ccccc2)NC1=O. The maximum absolute atomic E-state index is 12.3. The highest BCUT2D eigenvalue weighted by molar-refractivity contribution is 6.13. The van der Waals surface area contributed by atoms with Gasteiger partial charge in [0, 0.05) is 12.1 Å². The largest absolute Gasteiger partial charge is 0.365 e. The number of benzene rings is 1. The third kappa shape index (κ3) is 2.84. The van der Waals surface area contributed by atoms with Crippen molar-refractivity contribution >= 4 is 11.7 Å². The Morgan fingerprint density at radius 3 is 2.29 bits per heavy atom. The zero-order chi connectivity index (χ0) is 15.5. The zero-order valence-corrected chi connectivity index (χ0v) is 12.8. The van der Waals surface area contributed by atoms with Crippen LogP contribution in [-0.2, 0) is 9.59 Å². The van der Waals surface area contributed by atoms with Crippen LogP contribution in [0.1, 0.15) is 45.2 Å². The van der Waals surface area contributed by atoms with Crippen molar-refractivity contribution in [2.75, 3.05) is 0 Å². The molecule has 21 heavy (non-hydrogen) atoms. The van der Waals surface area contributed by atoms with E-state index >= 15 is 0 Å². The Balaban J connectivity index is 2.16. The first kappa shape index (κ1) is 15.3. The minimum atomic E-state index is -0.902. The molecule has 0 saturated heterocycles. The van der Waals surface area contributed by atoms with Crippen molar-refractivity contribution in [3.63, 3.8) is 0 Å². The number of hydrogen-bond donors (Lipinski definition) is 2. The minimum absolute atomic E-state index is 0.0151. The first-order chi connectivity index (χ1) is 10.0. The molecule has 1 heterocycles. The molecule has 4 nitrogen and oxygen atoms in total. The molecule has 0 aliphatic carbocycles. The Kier molecular flexibility index (Phi) is 4.46. The van der Waals surface area contributed by atoms with Gasteiger partial charge < -0.3 is 10.6 Å². The summed E-state index contributed by atoms with van der Waals surface area (Å²) in [7, 11) is 0. The molecule has 1 atom stereocenters. The van der Waals surface area contributed by atoms with Crippen LogP contribution < -0.4 is 10.6 Å². The van der Waals surface area contributed by atoms with E-state index in [0.29, 0.717) is 18.7 Å². The maximum Gasteiger partial charge on any atom is 0.239 e. The van der Waals surface area contributed by atoms with Gasteiger partial charge in [-0.3, -0.25) is 9.59 Å². The van der Waals surface area contributed by atoms with Crippen LogP contribution in [0.2, 0.25) is 0 Å². The highest BCUT2D eigenvalue weighted by Gasteiger charge is 2.44. The van der Waals surface area contributed by atoms with Crippen LogP contribution >= 0.6 is 0 Å². The lowest BCUT2D eigenvalue weighted by Gasteiger charge is -2.33. The van der Waals surface area contributed by atoms with E-state index in [4.69, 9.17) is 0 Å². The lowest BCUT2D eigenvalue weighted by molar-refractivity contribution is -0.141. The Hall–Kier alpha value is -2.10. The number of hydrogen-bond acceptors (Lipinski definition) is 3. The molecule has 1 amide bonds. The van der Waals surface area contributed by atoms with Gasteiger partial charge in [0.15, 0.2) is 5.78 Å². The van der Waals surface area contributed by atoms with Gasteiger partial charge in [-0.15, -0.1) is 0 Å². The van der Waals surface area contributed by atoms with E-state index < -0.39 is 5.41 Å². The van der Waals surface area contributed by atoms with E-state index in [2.05, 4.69) is 10.6 Å². The van der Waals surface area contributed by atoms with Crippen LogP contribution in [0.4, 0.5) is 0 Å². The quantitative estimate of drug-likeness (QED) is 0.818. The molecule has 1 aliphatic heterocycles. The van der Waals surface area contributed by atoms with Crippen LogP contribution in [0.25, 0.3) is 0 Å². The number of carbonyl (C=O) groups excluding carboxylic acids is 2. The van der Waals surface area contributed by atoms with Gasteiger partial charge in [0.2, 0.25) is 5.91 Å². The first-order valence-corrected chi connectivity index (χ1v) is 7.42. The lowest BCUT2D eigenvalue weighted by Crippen LogP contribution is -2.51. The number of nitrogens with one attached hydrogen (secondary N) is 2. The third-order valence-corrected chi connectivity index (χ3v) is 4.31. The molecule has 0 unspecified atom stereocenters. The fourth-order valence-corrected chi connectivity index (χ4v) is 2.71. The smallest absolute Gasteiger partial charge is 0.239 e. The average molecular weight is 286 g/mol. The van der Waals surface area contributed by atoms with E-state index in [1.807, 2.05) is 51.1 Å². The number of rotatable bonds is 5. The van der Waals surface area contributed by atoms with Crippen molar-refractivity contribution in [2.45, 2.75) is 39.7 Å². The summed E-state index contributed by atoms with van der Waals surface area (Å²) in [5, 5.41) is 6.02. The molecule has 0 spiro atoms. The van der Waals surface area contributed by atoms with Crippen LogP contribution in [0, 0.1) is 5.41 Å². The Bertz CT molecular complexity index is 559.